The summed E-state index contributed by atoms with van der Waals surface area (Å²) in [4.78, 5) is 9.54. The SMILES string of the molecule is COc1c(F)cc(S(=O)(=O)NCC2=CCNCC2)cc1[N+](=O)[O-]. The summed E-state index contributed by atoms with van der Waals surface area (Å²) in [7, 11) is -3.00. The average molecular weight is 345 g/mol. The predicted molar refractivity (Wildman–Crippen MR) is 80.4 cm³/mol. The highest BCUT2D eigenvalue weighted by Crippen LogP contribution is 2.32. The summed E-state index contributed by atoms with van der Waals surface area (Å²) in [6, 6.07) is 1.48. The lowest BCUT2D eigenvalue weighted by Gasteiger charge is -2.15. The summed E-state index contributed by atoms with van der Waals surface area (Å²) in [5.41, 5.74) is 0.157. The molecule has 2 N–H and O–H groups in total. The molecular formula is C13H16FN3O5S. The first kappa shape index (κ1) is 17.3. The van der Waals surface area contributed by atoms with Crippen molar-refractivity contribution in [2.75, 3.05) is 26.7 Å². The smallest absolute Gasteiger partial charge is 0.315 e. The maximum Gasteiger partial charge on any atom is 0.315 e. The van der Waals surface area contributed by atoms with Gasteiger partial charge < -0.3 is 10.1 Å². The van der Waals surface area contributed by atoms with Crippen LogP contribution in [0.5, 0.6) is 5.75 Å². The van der Waals surface area contributed by atoms with Crippen LogP contribution < -0.4 is 14.8 Å². The Hall–Kier alpha value is -2.04. The van der Waals surface area contributed by atoms with Gasteiger partial charge in [0.25, 0.3) is 0 Å². The third-order valence-electron chi connectivity index (χ3n) is 3.36. The van der Waals surface area contributed by atoms with Crippen molar-refractivity contribution < 1.29 is 22.5 Å². The highest BCUT2D eigenvalue weighted by molar-refractivity contribution is 7.89. The summed E-state index contributed by atoms with van der Waals surface area (Å²) < 4.78 is 45.2. The number of nitro groups is 1. The molecule has 1 aromatic rings. The molecule has 8 nitrogen and oxygen atoms in total. The van der Waals surface area contributed by atoms with Crippen molar-refractivity contribution >= 4 is 15.7 Å². The van der Waals surface area contributed by atoms with Gasteiger partial charge in [-0.2, -0.15) is 0 Å². The Morgan fingerprint density at radius 3 is 2.78 bits per heavy atom. The van der Waals surface area contributed by atoms with Gasteiger partial charge in [0.1, 0.15) is 0 Å². The van der Waals surface area contributed by atoms with E-state index in [1.165, 1.54) is 0 Å². The van der Waals surface area contributed by atoms with Gasteiger partial charge >= 0.3 is 5.69 Å². The average Bonchev–Trinajstić information content (AvgIpc) is 2.53. The maximum atomic E-state index is 13.9. The molecule has 0 saturated carbocycles. The van der Waals surface area contributed by atoms with Crippen LogP contribution in [0.4, 0.5) is 10.1 Å². The van der Waals surface area contributed by atoms with E-state index in [2.05, 4.69) is 14.8 Å². The molecule has 1 aliphatic heterocycles. The van der Waals surface area contributed by atoms with E-state index >= 15 is 0 Å². The molecule has 0 saturated heterocycles. The standard InChI is InChI=1S/C13H16FN3O5S/c1-22-13-11(14)6-10(7-12(13)17(18)19)23(20,21)16-8-9-2-4-15-5-3-9/h2,6-7,15-16H,3-5,8H2,1H3. The lowest BCUT2D eigenvalue weighted by Crippen LogP contribution is -2.29. The van der Waals surface area contributed by atoms with E-state index in [0.717, 1.165) is 25.3 Å². The fraction of sp³-hybridized carbons (Fsp3) is 0.385. The molecule has 0 aromatic heterocycles. The number of hydrogen-bond donors (Lipinski definition) is 2. The van der Waals surface area contributed by atoms with Crippen LogP contribution in [0.25, 0.3) is 0 Å². The molecule has 1 aromatic carbocycles. The minimum absolute atomic E-state index is 0.0749. The summed E-state index contributed by atoms with van der Waals surface area (Å²) in [5.74, 6) is -1.71. The molecule has 126 valence electrons. The second-order valence-corrected chi connectivity index (χ2v) is 6.62. The maximum absolute atomic E-state index is 13.9. The number of nitro benzene ring substituents is 1. The Labute approximate surface area is 132 Å². The highest BCUT2D eigenvalue weighted by atomic mass is 32.2. The largest absolute Gasteiger partial charge is 0.488 e. The molecule has 0 amide bonds. The van der Waals surface area contributed by atoms with Crippen molar-refractivity contribution in [1.29, 1.82) is 0 Å². The third-order valence-corrected chi connectivity index (χ3v) is 4.74. The van der Waals surface area contributed by atoms with Crippen LogP contribution in [-0.2, 0) is 10.0 Å². The molecule has 23 heavy (non-hydrogen) atoms. The van der Waals surface area contributed by atoms with E-state index in [0.29, 0.717) is 19.0 Å². The van der Waals surface area contributed by atoms with Gasteiger partial charge in [0.05, 0.1) is 16.9 Å². The third kappa shape index (κ3) is 4.03. The molecule has 10 heteroatoms. The first-order chi connectivity index (χ1) is 10.8. The molecule has 2 rings (SSSR count). The van der Waals surface area contributed by atoms with Crippen molar-refractivity contribution in [3.63, 3.8) is 0 Å². The molecule has 1 aliphatic rings. The summed E-state index contributed by atoms with van der Waals surface area (Å²) in [5, 5.41) is 14.0. The van der Waals surface area contributed by atoms with E-state index in [1.807, 2.05) is 6.08 Å². The number of halogens is 1. The Kier molecular flexibility index (Phi) is 5.29. The van der Waals surface area contributed by atoms with Gasteiger partial charge in [-0.1, -0.05) is 11.6 Å². The molecular weight excluding hydrogens is 329 g/mol. The molecule has 0 radical (unpaired) electrons. The van der Waals surface area contributed by atoms with Crippen LogP contribution in [0.2, 0.25) is 0 Å². The Morgan fingerprint density at radius 1 is 1.48 bits per heavy atom. The Morgan fingerprint density at radius 2 is 2.22 bits per heavy atom. The number of rotatable bonds is 6. The predicted octanol–water partition coefficient (Wildman–Crippen LogP) is 0.940. The zero-order valence-corrected chi connectivity index (χ0v) is 13.2. The van der Waals surface area contributed by atoms with Gasteiger partial charge in [-0.3, -0.25) is 10.1 Å². The fourth-order valence-electron chi connectivity index (χ4n) is 2.15. The molecule has 0 unspecified atom stereocenters. The highest BCUT2D eigenvalue weighted by Gasteiger charge is 2.26. The van der Waals surface area contributed by atoms with Gasteiger partial charge in [-0.15, -0.1) is 0 Å². The molecule has 1 heterocycles. The molecule has 0 atom stereocenters. The van der Waals surface area contributed by atoms with Gasteiger partial charge in [0.2, 0.25) is 15.8 Å². The fourth-order valence-corrected chi connectivity index (χ4v) is 3.22. The van der Waals surface area contributed by atoms with E-state index < -0.39 is 37.1 Å². The van der Waals surface area contributed by atoms with E-state index in [-0.39, 0.29) is 6.54 Å². The van der Waals surface area contributed by atoms with Crippen molar-refractivity contribution in [3.8, 4) is 5.75 Å². The normalized spacial score (nSPS) is 15.1. The molecule has 0 aliphatic carbocycles. The Balaban J connectivity index is 2.28. The molecule has 0 spiro atoms. The summed E-state index contributed by atoms with van der Waals surface area (Å²) in [6.45, 7) is 1.47. The minimum Gasteiger partial charge on any atom is -0.488 e. The number of methoxy groups -OCH3 is 1. The first-order valence-corrected chi connectivity index (χ1v) is 8.23. The van der Waals surface area contributed by atoms with E-state index in [4.69, 9.17) is 0 Å². The number of sulfonamides is 1. The van der Waals surface area contributed by atoms with E-state index in [9.17, 15) is 22.9 Å². The van der Waals surface area contributed by atoms with Gasteiger partial charge in [-0.25, -0.2) is 17.5 Å². The second kappa shape index (κ2) is 7.02. The van der Waals surface area contributed by atoms with Crippen molar-refractivity contribution in [1.82, 2.24) is 10.0 Å². The second-order valence-electron chi connectivity index (χ2n) is 4.86. The lowest BCUT2D eigenvalue weighted by atomic mass is 10.1. The zero-order valence-electron chi connectivity index (χ0n) is 12.3. The van der Waals surface area contributed by atoms with Crippen LogP contribution in [0.15, 0.2) is 28.7 Å². The van der Waals surface area contributed by atoms with E-state index in [1.54, 1.807) is 0 Å². The van der Waals surface area contributed by atoms with Gasteiger partial charge in [0, 0.05) is 19.2 Å². The number of nitrogens with one attached hydrogen (secondary N) is 2. The molecule has 0 fully saturated rings. The van der Waals surface area contributed by atoms with Crippen molar-refractivity contribution in [2.45, 2.75) is 11.3 Å². The van der Waals surface area contributed by atoms with Crippen LogP contribution in [0, 0.1) is 15.9 Å². The van der Waals surface area contributed by atoms with Crippen LogP contribution in [-0.4, -0.2) is 40.1 Å². The summed E-state index contributed by atoms with van der Waals surface area (Å²) in [6.07, 6.45) is 2.56. The lowest BCUT2D eigenvalue weighted by molar-refractivity contribution is -0.386. The topological polar surface area (TPSA) is 111 Å². The van der Waals surface area contributed by atoms with Crippen LogP contribution in [0.1, 0.15) is 6.42 Å². The van der Waals surface area contributed by atoms with Gasteiger partial charge in [-0.05, 0) is 19.0 Å². The minimum atomic E-state index is -4.07. The van der Waals surface area contributed by atoms with Gasteiger partial charge in [0.15, 0.2) is 5.82 Å². The number of ether oxygens (including phenoxy) is 1. The van der Waals surface area contributed by atoms with Crippen molar-refractivity contribution in [2.24, 2.45) is 0 Å². The van der Waals surface area contributed by atoms with Crippen LogP contribution in [0.3, 0.4) is 0 Å². The number of benzene rings is 1. The van der Waals surface area contributed by atoms with Crippen LogP contribution >= 0.6 is 0 Å². The number of hydrogen-bond acceptors (Lipinski definition) is 6. The first-order valence-electron chi connectivity index (χ1n) is 6.75. The van der Waals surface area contributed by atoms with Crippen molar-refractivity contribution in [3.05, 3.63) is 39.7 Å². The quantitative estimate of drug-likeness (QED) is 0.451. The Bertz CT molecular complexity index is 748. The summed E-state index contributed by atoms with van der Waals surface area (Å²) >= 11 is 0. The molecule has 0 bridgehead atoms. The monoisotopic (exact) mass is 345 g/mol. The zero-order chi connectivity index (χ0) is 17.0. The number of nitrogens with zero attached hydrogens (tertiary/aromatic N) is 1.